The summed E-state index contributed by atoms with van der Waals surface area (Å²) < 4.78 is 42.2. The third kappa shape index (κ3) is 6.73. The molecular weight excluding hydrogens is 432 g/mol. The van der Waals surface area contributed by atoms with E-state index in [9.17, 15) is 27.9 Å². The summed E-state index contributed by atoms with van der Waals surface area (Å²) in [7, 11) is 0. The van der Waals surface area contributed by atoms with Crippen LogP contribution in [0, 0.1) is 0 Å². The molecule has 9 heteroatoms. The van der Waals surface area contributed by atoms with Gasteiger partial charge in [-0.3, -0.25) is 9.13 Å². The first kappa shape index (κ1) is 26.2. The van der Waals surface area contributed by atoms with Crippen LogP contribution in [0.2, 0.25) is 0 Å². The molecular formula is C23H24F3N2NaO3. The predicted octanol–water partition coefficient (Wildman–Crippen LogP) is 0.965. The third-order valence-electron chi connectivity index (χ3n) is 5.28. The van der Waals surface area contributed by atoms with Crippen molar-refractivity contribution >= 4 is 17.0 Å². The summed E-state index contributed by atoms with van der Waals surface area (Å²) in [5, 5.41) is 10.4. The smallest absolute Gasteiger partial charge is 0.550 e. The molecule has 0 unspecified atom stereocenters. The SMILES string of the molecule is O=C([O-])CCCCCCCn1c(=O)n(Cc2cccc(C(F)(F)F)c2)c2ccccc21.[Na+]. The molecule has 1 aromatic heterocycles. The van der Waals surface area contributed by atoms with Crippen molar-refractivity contribution in [1.82, 2.24) is 9.13 Å². The summed E-state index contributed by atoms with van der Waals surface area (Å²) in [5.74, 6) is -1.04. The minimum Gasteiger partial charge on any atom is -0.550 e. The van der Waals surface area contributed by atoms with Crippen LogP contribution in [0.25, 0.3) is 11.0 Å². The van der Waals surface area contributed by atoms with Gasteiger partial charge in [-0.05, 0) is 49.1 Å². The second-order valence-electron chi connectivity index (χ2n) is 7.60. The van der Waals surface area contributed by atoms with E-state index in [1.807, 2.05) is 12.1 Å². The van der Waals surface area contributed by atoms with Crippen molar-refractivity contribution in [1.29, 1.82) is 0 Å². The predicted molar refractivity (Wildman–Crippen MR) is 109 cm³/mol. The summed E-state index contributed by atoms with van der Waals surface area (Å²) in [6, 6.07) is 12.3. The van der Waals surface area contributed by atoms with Crippen LogP contribution in [0.5, 0.6) is 0 Å². The number of alkyl halides is 3. The van der Waals surface area contributed by atoms with Gasteiger partial charge in [0, 0.05) is 12.5 Å². The number of benzene rings is 2. The van der Waals surface area contributed by atoms with E-state index in [1.165, 1.54) is 10.6 Å². The number of carboxylic acids is 1. The van der Waals surface area contributed by atoms with Gasteiger partial charge in [-0.2, -0.15) is 13.2 Å². The van der Waals surface area contributed by atoms with Gasteiger partial charge in [0.25, 0.3) is 0 Å². The molecule has 0 saturated carbocycles. The van der Waals surface area contributed by atoms with E-state index in [2.05, 4.69) is 0 Å². The molecule has 0 aliphatic heterocycles. The quantitative estimate of drug-likeness (QED) is 0.337. The fourth-order valence-electron chi connectivity index (χ4n) is 3.74. The minimum atomic E-state index is -4.43. The first-order valence-corrected chi connectivity index (χ1v) is 10.3. The van der Waals surface area contributed by atoms with Crippen molar-refractivity contribution in [3.8, 4) is 0 Å². The Labute approximate surface area is 206 Å². The van der Waals surface area contributed by atoms with Crippen LogP contribution in [0.1, 0.15) is 49.7 Å². The Hall–Kier alpha value is -2.03. The van der Waals surface area contributed by atoms with Crippen molar-refractivity contribution in [2.45, 2.75) is 57.8 Å². The summed E-state index contributed by atoms with van der Waals surface area (Å²) in [4.78, 5) is 23.5. The first-order valence-electron chi connectivity index (χ1n) is 10.3. The van der Waals surface area contributed by atoms with Crippen molar-refractivity contribution in [2.75, 3.05) is 0 Å². The molecule has 166 valence electrons. The van der Waals surface area contributed by atoms with Crippen LogP contribution >= 0.6 is 0 Å². The zero-order valence-electron chi connectivity index (χ0n) is 18.0. The van der Waals surface area contributed by atoms with E-state index >= 15 is 0 Å². The van der Waals surface area contributed by atoms with E-state index in [-0.39, 0.29) is 48.2 Å². The van der Waals surface area contributed by atoms with E-state index in [0.717, 1.165) is 43.3 Å². The number of halogens is 3. The molecule has 32 heavy (non-hydrogen) atoms. The number of fused-ring (bicyclic) bond motifs is 1. The summed E-state index contributed by atoms with van der Waals surface area (Å²) >= 11 is 0. The maximum Gasteiger partial charge on any atom is 1.00 e. The molecule has 3 rings (SSSR count). The van der Waals surface area contributed by atoms with Crippen molar-refractivity contribution in [3.63, 3.8) is 0 Å². The minimum absolute atomic E-state index is 0. The molecule has 3 aromatic rings. The second kappa shape index (κ2) is 11.7. The van der Waals surface area contributed by atoms with Gasteiger partial charge in [-0.25, -0.2) is 4.79 Å². The average Bonchev–Trinajstić information content (AvgIpc) is 2.98. The van der Waals surface area contributed by atoms with Gasteiger partial charge in [0.05, 0.1) is 23.1 Å². The fraction of sp³-hybridized carbons (Fsp3) is 0.391. The van der Waals surface area contributed by atoms with Crippen molar-refractivity contribution < 1.29 is 52.6 Å². The number of unbranched alkanes of at least 4 members (excludes halogenated alkanes) is 4. The van der Waals surface area contributed by atoms with E-state index < -0.39 is 17.7 Å². The summed E-state index contributed by atoms with van der Waals surface area (Å²) in [6.45, 7) is 0.551. The number of hydrogen-bond acceptors (Lipinski definition) is 3. The van der Waals surface area contributed by atoms with Crippen molar-refractivity contribution in [2.24, 2.45) is 0 Å². The molecule has 5 nitrogen and oxygen atoms in total. The van der Waals surface area contributed by atoms with Crippen LogP contribution in [0.4, 0.5) is 13.2 Å². The second-order valence-corrected chi connectivity index (χ2v) is 7.60. The van der Waals surface area contributed by atoms with E-state index in [1.54, 1.807) is 22.8 Å². The Morgan fingerprint density at radius 3 is 2.16 bits per heavy atom. The normalized spacial score (nSPS) is 11.5. The number of aryl methyl sites for hydroxylation is 1. The molecule has 1 heterocycles. The molecule has 0 radical (unpaired) electrons. The number of para-hydroxylation sites is 2. The molecule has 0 amide bonds. The van der Waals surface area contributed by atoms with Crippen molar-refractivity contribution in [3.05, 3.63) is 70.1 Å². The Morgan fingerprint density at radius 1 is 0.875 bits per heavy atom. The standard InChI is InChI=1S/C23H25F3N2O3.Na/c24-23(25,26)18-10-8-9-17(15-18)16-28-20-12-6-5-11-19(20)27(22(28)31)14-7-3-1-2-4-13-21(29)30;/h5-6,8-12,15H,1-4,7,13-14,16H2,(H,29,30);/q;+1/p-1. The van der Waals surface area contributed by atoms with E-state index in [4.69, 9.17) is 0 Å². The number of nitrogens with zero attached hydrogens (tertiary/aromatic N) is 2. The summed E-state index contributed by atoms with van der Waals surface area (Å²) in [6.07, 6.45) is -0.530. The number of hydrogen-bond donors (Lipinski definition) is 0. The topological polar surface area (TPSA) is 67.1 Å². The Kier molecular flexibility index (Phi) is 9.61. The number of rotatable bonds is 10. The third-order valence-corrected chi connectivity index (χ3v) is 5.28. The van der Waals surface area contributed by atoms with Gasteiger partial charge in [-0.1, -0.05) is 43.5 Å². The number of imidazole rings is 1. The molecule has 0 bridgehead atoms. The fourth-order valence-corrected chi connectivity index (χ4v) is 3.74. The molecule has 2 aromatic carbocycles. The number of aliphatic carboxylic acids is 1. The van der Waals surface area contributed by atoms with Gasteiger partial charge in [0.15, 0.2) is 0 Å². The zero-order chi connectivity index (χ0) is 22.4. The first-order chi connectivity index (χ1) is 14.8. The largest absolute Gasteiger partial charge is 1.00 e. The molecule has 0 atom stereocenters. The molecule has 0 spiro atoms. The number of carbonyl (C=O) groups is 1. The van der Waals surface area contributed by atoms with E-state index in [0.29, 0.717) is 24.0 Å². The maximum atomic E-state index is 13.0. The van der Waals surface area contributed by atoms with Crippen LogP contribution < -0.4 is 40.4 Å². The molecule has 0 fully saturated rings. The molecule has 0 N–H and O–H groups in total. The van der Waals surface area contributed by atoms with Gasteiger partial charge < -0.3 is 9.90 Å². The summed E-state index contributed by atoms with van der Waals surface area (Å²) in [5.41, 5.74) is 0.846. The Morgan fingerprint density at radius 2 is 1.50 bits per heavy atom. The zero-order valence-corrected chi connectivity index (χ0v) is 20.0. The van der Waals surface area contributed by atoms with Gasteiger partial charge in [-0.15, -0.1) is 0 Å². The number of aromatic nitrogens is 2. The Balaban J connectivity index is 0.00000363. The van der Waals surface area contributed by atoms with Crippen LogP contribution in [0.3, 0.4) is 0 Å². The Bertz CT molecular complexity index is 1110. The van der Waals surface area contributed by atoms with Crippen LogP contribution in [-0.4, -0.2) is 15.1 Å². The number of carbonyl (C=O) groups excluding carboxylic acids is 1. The maximum absolute atomic E-state index is 13.0. The van der Waals surface area contributed by atoms with Crippen LogP contribution in [0.15, 0.2) is 53.3 Å². The van der Waals surface area contributed by atoms with Crippen LogP contribution in [-0.2, 0) is 24.1 Å². The molecule has 0 aliphatic carbocycles. The van der Waals surface area contributed by atoms with Gasteiger partial charge in [0.2, 0.25) is 0 Å². The van der Waals surface area contributed by atoms with Gasteiger partial charge >= 0.3 is 41.4 Å². The van der Waals surface area contributed by atoms with Gasteiger partial charge in [0.1, 0.15) is 0 Å². The molecule has 0 saturated heterocycles. The monoisotopic (exact) mass is 456 g/mol. The number of carboxylic acid groups (broad SMARTS) is 1. The molecule has 0 aliphatic rings. The average molecular weight is 456 g/mol.